The molecule has 1 aliphatic rings. The quantitative estimate of drug-likeness (QED) is 0.909. The minimum absolute atomic E-state index is 0.181. The third-order valence-electron chi connectivity index (χ3n) is 2.92. The second-order valence-electron chi connectivity index (χ2n) is 5.28. The Kier molecular flexibility index (Phi) is 4.15. The standard InChI is InChI=1S/C13H20N2S2/c1-10-7-14-12(17-8-10)15-9-13(2,3)11-5-4-6-16-11/h4-6,10H,7-9H2,1-3H3,(H,14,15). The maximum absolute atomic E-state index is 4.57. The first-order valence-electron chi connectivity index (χ1n) is 6.03. The molecular formula is C13H20N2S2. The number of nitrogens with one attached hydrogen (secondary N) is 1. The topological polar surface area (TPSA) is 24.4 Å². The first-order chi connectivity index (χ1) is 8.08. The number of amidine groups is 1. The lowest BCUT2D eigenvalue weighted by Gasteiger charge is -2.26. The number of hydrogen-bond donors (Lipinski definition) is 1. The van der Waals surface area contributed by atoms with Crippen LogP contribution < -0.4 is 5.32 Å². The highest BCUT2D eigenvalue weighted by Gasteiger charge is 2.22. The third kappa shape index (κ3) is 3.49. The highest BCUT2D eigenvalue weighted by Crippen LogP contribution is 2.27. The van der Waals surface area contributed by atoms with E-state index in [-0.39, 0.29) is 5.41 Å². The van der Waals surface area contributed by atoms with E-state index in [9.17, 15) is 0 Å². The van der Waals surface area contributed by atoms with Gasteiger partial charge in [-0.25, -0.2) is 0 Å². The minimum Gasteiger partial charge on any atom is -0.364 e. The maximum atomic E-state index is 4.57. The summed E-state index contributed by atoms with van der Waals surface area (Å²) in [5.41, 5.74) is 0.181. The molecule has 17 heavy (non-hydrogen) atoms. The lowest BCUT2D eigenvalue weighted by molar-refractivity contribution is 0.523. The Morgan fingerprint density at radius 3 is 2.94 bits per heavy atom. The number of thiophene rings is 1. The number of rotatable bonds is 3. The van der Waals surface area contributed by atoms with Gasteiger partial charge in [-0.05, 0) is 17.4 Å². The normalized spacial score (nSPS) is 21.1. The second-order valence-corrected chi connectivity index (χ2v) is 7.23. The molecule has 0 spiro atoms. The van der Waals surface area contributed by atoms with Crippen molar-refractivity contribution in [2.24, 2.45) is 10.9 Å². The SMILES string of the molecule is CC1CN=C(NCC(C)(C)c2cccs2)SC1. The fourth-order valence-electron chi connectivity index (χ4n) is 1.71. The van der Waals surface area contributed by atoms with Crippen molar-refractivity contribution in [3.05, 3.63) is 22.4 Å². The van der Waals surface area contributed by atoms with Gasteiger partial charge in [0.15, 0.2) is 5.17 Å². The fourth-order valence-corrected chi connectivity index (χ4v) is 3.45. The highest BCUT2D eigenvalue weighted by molar-refractivity contribution is 8.13. The van der Waals surface area contributed by atoms with Gasteiger partial charge in [0.25, 0.3) is 0 Å². The van der Waals surface area contributed by atoms with Gasteiger partial charge in [0.2, 0.25) is 0 Å². The molecule has 4 heteroatoms. The van der Waals surface area contributed by atoms with Crippen molar-refractivity contribution < 1.29 is 0 Å². The molecule has 94 valence electrons. The summed E-state index contributed by atoms with van der Waals surface area (Å²) in [5, 5.41) is 6.75. The van der Waals surface area contributed by atoms with Crippen LogP contribution in [-0.4, -0.2) is 24.0 Å². The molecule has 2 nitrogen and oxygen atoms in total. The predicted molar refractivity (Wildman–Crippen MR) is 79.3 cm³/mol. The van der Waals surface area contributed by atoms with E-state index in [1.165, 1.54) is 10.6 Å². The van der Waals surface area contributed by atoms with Crippen LogP contribution in [0.3, 0.4) is 0 Å². The van der Waals surface area contributed by atoms with Crippen molar-refractivity contribution in [2.45, 2.75) is 26.2 Å². The van der Waals surface area contributed by atoms with E-state index in [0.29, 0.717) is 0 Å². The zero-order valence-electron chi connectivity index (χ0n) is 10.7. The van der Waals surface area contributed by atoms with Crippen LogP contribution in [0.5, 0.6) is 0 Å². The summed E-state index contributed by atoms with van der Waals surface area (Å²) in [4.78, 5) is 6.00. The van der Waals surface area contributed by atoms with Gasteiger partial charge < -0.3 is 5.32 Å². The van der Waals surface area contributed by atoms with Crippen molar-refractivity contribution in [1.82, 2.24) is 5.32 Å². The predicted octanol–water partition coefficient (Wildman–Crippen LogP) is 3.35. The average Bonchev–Trinajstić information content (AvgIpc) is 2.82. The summed E-state index contributed by atoms with van der Waals surface area (Å²) >= 11 is 3.68. The van der Waals surface area contributed by atoms with Crippen molar-refractivity contribution >= 4 is 28.3 Å². The van der Waals surface area contributed by atoms with Gasteiger partial charge in [0.1, 0.15) is 0 Å². The Morgan fingerprint density at radius 2 is 2.35 bits per heavy atom. The summed E-state index contributed by atoms with van der Waals surface area (Å²) in [6.45, 7) is 8.73. The van der Waals surface area contributed by atoms with Crippen LogP contribution in [0.1, 0.15) is 25.6 Å². The summed E-state index contributed by atoms with van der Waals surface area (Å²) in [5.74, 6) is 1.90. The molecule has 1 atom stereocenters. The van der Waals surface area contributed by atoms with Gasteiger partial charge in [-0.2, -0.15) is 0 Å². The van der Waals surface area contributed by atoms with Crippen LogP contribution in [0.2, 0.25) is 0 Å². The van der Waals surface area contributed by atoms with Gasteiger partial charge in [0.05, 0.1) is 0 Å². The van der Waals surface area contributed by atoms with Gasteiger partial charge in [0, 0.05) is 29.1 Å². The van der Waals surface area contributed by atoms with Crippen molar-refractivity contribution in [3.63, 3.8) is 0 Å². The monoisotopic (exact) mass is 268 g/mol. The van der Waals surface area contributed by atoms with Gasteiger partial charge in [-0.1, -0.05) is 38.6 Å². The molecule has 0 radical (unpaired) electrons. The maximum Gasteiger partial charge on any atom is 0.156 e. The Hall–Kier alpha value is -0.480. The number of hydrogen-bond acceptors (Lipinski definition) is 4. The van der Waals surface area contributed by atoms with Crippen LogP contribution in [0.4, 0.5) is 0 Å². The molecule has 0 aromatic carbocycles. The van der Waals surface area contributed by atoms with Gasteiger partial charge >= 0.3 is 0 Å². The molecular weight excluding hydrogens is 248 g/mol. The molecule has 0 bridgehead atoms. The molecule has 0 saturated heterocycles. The van der Waals surface area contributed by atoms with E-state index < -0.39 is 0 Å². The van der Waals surface area contributed by atoms with Gasteiger partial charge in [-0.15, -0.1) is 11.3 Å². The summed E-state index contributed by atoms with van der Waals surface area (Å²) in [6.07, 6.45) is 0. The number of nitrogens with zero attached hydrogens (tertiary/aromatic N) is 1. The van der Waals surface area contributed by atoms with Gasteiger partial charge in [-0.3, -0.25) is 4.99 Å². The molecule has 2 heterocycles. The lowest BCUT2D eigenvalue weighted by Crippen LogP contribution is -2.36. The minimum atomic E-state index is 0.181. The van der Waals surface area contributed by atoms with E-state index in [1.54, 1.807) is 0 Å². The van der Waals surface area contributed by atoms with Crippen molar-refractivity contribution in [1.29, 1.82) is 0 Å². The summed E-state index contributed by atoms with van der Waals surface area (Å²) in [6, 6.07) is 4.33. The van der Waals surface area contributed by atoms with Crippen LogP contribution in [0.15, 0.2) is 22.5 Å². The molecule has 1 aromatic rings. The van der Waals surface area contributed by atoms with Crippen molar-refractivity contribution in [3.8, 4) is 0 Å². The molecule has 1 N–H and O–H groups in total. The van der Waals surface area contributed by atoms with E-state index in [1.807, 2.05) is 23.1 Å². The van der Waals surface area contributed by atoms with E-state index in [0.717, 1.165) is 24.2 Å². The largest absolute Gasteiger partial charge is 0.364 e. The summed E-state index contributed by atoms with van der Waals surface area (Å²) in [7, 11) is 0. The third-order valence-corrected chi connectivity index (χ3v) is 5.44. The molecule has 0 saturated carbocycles. The van der Waals surface area contributed by atoms with Crippen LogP contribution >= 0.6 is 23.1 Å². The average molecular weight is 268 g/mol. The van der Waals surface area contributed by atoms with Crippen LogP contribution in [-0.2, 0) is 5.41 Å². The number of thioether (sulfide) groups is 1. The molecule has 1 unspecified atom stereocenters. The fraction of sp³-hybridized carbons (Fsp3) is 0.615. The van der Waals surface area contributed by atoms with E-state index in [2.05, 4.69) is 48.6 Å². The molecule has 0 aliphatic carbocycles. The van der Waals surface area contributed by atoms with E-state index >= 15 is 0 Å². The Labute approximate surface area is 112 Å². The molecule has 1 aliphatic heterocycles. The van der Waals surface area contributed by atoms with Crippen LogP contribution in [0, 0.1) is 5.92 Å². The lowest BCUT2D eigenvalue weighted by atomic mass is 9.91. The smallest absolute Gasteiger partial charge is 0.156 e. The Morgan fingerprint density at radius 1 is 1.53 bits per heavy atom. The Balaban J connectivity index is 1.90. The zero-order valence-corrected chi connectivity index (χ0v) is 12.3. The van der Waals surface area contributed by atoms with Crippen molar-refractivity contribution in [2.75, 3.05) is 18.8 Å². The Bertz CT molecular complexity index is 382. The first-order valence-corrected chi connectivity index (χ1v) is 7.89. The highest BCUT2D eigenvalue weighted by atomic mass is 32.2. The second kappa shape index (κ2) is 5.44. The first kappa shape index (κ1) is 13.0. The molecule has 2 rings (SSSR count). The molecule has 1 aromatic heterocycles. The number of aliphatic imine (C=N–C) groups is 1. The molecule has 0 fully saturated rings. The molecule has 0 amide bonds. The van der Waals surface area contributed by atoms with Crippen LogP contribution in [0.25, 0.3) is 0 Å². The summed E-state index contributed by atoms with van der Waals surface area (Å²) < 4.78 is 0. The zero-order chi connectivity index (χ0) is 12.3. The van der Waals surface area contributed by atoms with E-state index in [4.69, 9.17) is 0 Å².